The normalized spacial score (nSPS) is 30.7. The van der Waals surface area contributed by atoms with Gasteiger partial charge in [-0.1, -0.05) is 0 Å². The third-order valence-corrected chi connectivity index (χ3v) is 3.92. The fraction of sp³-hybridized carbons (Fsp3) is 0.571. The van der Waals surface area contributed by atoms with Crippen LogP contribution in [0.4, 0.5) is 4.39 Å². The van der Waals surface area contributed by atoms with Crippen molar-refractivity contribution in [3.05, 3.63) is 29.8 Å². The molecule has 0 saturated carbocycles. The third-order valence-electron chi connectivity index (χ3n) is 3.92. The molecular formula is C14H16FNO3. The number of rotatable bonds is 2. The van der Waals surface area contributed by atoms with E-state index in [-0.39, 0.29) is 23.0 Å². The highest BCUT2D eigenvalue weighted by Gasteiger charge is 2.43. The van der Waals surface area contributed by atoms with Gasteiger partial charge in [0.1, 0.15) is 5.69 Å². The van der Waals surface area contributed by atoms with Gasteiger partial charge < -0.3 is 9.47 Å². The Balaban J connectivity index is 1.78. The number of hydrogen-bond donors (Lipinski definition) is 0. The van der Waals surface area contributed by atoms with Crippen molar-refractivity contribution in [2.75, 3.05) is 19.8 Å². The number of halogens is 1. The molecule has 1 aromatic rings. The Hall–Kier alpha value is -1.33. The van der Waals surface area contributed by atoms with Crippen LogP contribution in [0.1, 0.15) is 29.8 Å². The molecule has 3 heterocycles. The summed E-state index contributed by atoms with van der Waals surface area (Å²) in [5, 5.41) is 0. The van der Waals surface area contributed by atoms with Crippen molar-refractivity contribution in [3.63, 3.8) is 0 Å². The van der Waals surface area contributed by atoms with E-state index >= 15 is 0 Å². The lowest BCUT2D eigenvalue weighted by molar-refractivity contribution is -0.0921. The molecule has 2 fully saturated rings. The molecule has 2 aliphatic rings. The zero-order chi connectivity index (χ0) is 13.3. The molecule has 0 N–H and O–H groups in total. The number of ether oxygens (including phenoxy) is 2. The summed E-state index contributed by atoms with van der Waals surface area (Å²) in [6, 6.07) is 2.76. The van der Waals surface area contributed by atoms with Crippen LogP contribution in [0.25, 0.3) is 0 Å². The molecule has 5 heteroatoms. The molecule has 0 radical (unpaired) electrons. The maximum absolute atomic E-state index is 13.6. The molecule has 3 rings (SSSR count). The summed E-state index contributed by atoms with van der Waals surface area (Å²) < 4.78 is 24.8. The molecule has 2 saturated heterocycles. The van der Waals surface area contributed by atoms with Gasteiger partial charge in [0.2, 0.25) is 0 Å². The maximum atomic E-state index is 13.6. The number of carbonyl (C=O) groups excluding carboxylic acids is 1. The number of carbonyl (C=O) groups is 1. The Morgan fingerprint density at radius 1 is 1.47 bits per heavy atom. The van der Waals surface area contributed by atoms with Crippen molar-refractivity contribution in [3.8, 4) is 0 Å². The van der Waals surface area contributed by atoms with E-state index in [0.717, 1.165) is 6.42 Å². The van der Waals surface area contributed by atoms with Crippen molar-refractivity contribution < 1.29 is 18.7 Å². The quantitative estimate of drug-likeness (QED) is 0.767. The highest BCUT2D eigenvalue weighted by Crippen LogP contribution is 2.37. The van der Waals surface area contributed by atoms with Crippen LogP contribution in [0.5, 0.6) is 0 Å². The van der Waals surface area contributed by atoms with Gasteiger partial charge in [-0.3, -0.25) is 9.78 Å². The maximum Gasteiger partial charge on any atom is 0.187 e. The average Bonchev–Trinajstić information content (AvgIpc) is 2.86. The highest BCUT2D eigenvalue weighted by molar-refractivity contribution is 5.96. The first-order valence-electron chi connectivity index (χ1n) is 6.57. The van der Waals surface area contributed by atoms with Crippen LogP contribution in [0.3, 0.4) is 0 Å². The van der Waals surface area contributed by atoms with Crippen molar-refractivity contribution in [1.82, 2.24) is 4.98 Å². The number of Topliss-reactive ketones (excluding diaryl/α,β-unsaturated/α-hetero) is 1. The molecule has 0 bridgehead atoms. The van der Waals surface area contributed by atoms with Crippen molar-refractivity contribution in [2.45, 2.75) is 24.9 Å². The molecule has 0 amide bonds. The van der Waals surface area contributed by atoms with E-state index < -0.39 is 5.82 Å². The van der Waals surface area contributed by atoms with Crippen molar-refractivity contribution >= 4 is 5.78 Å². The zero-order valence-corrected chi connectivity index (χ0v) is 10.6. The first kappa shape index (κ1) is 12.7. The second-order valence-corrected chi connectivity index (χ2v) is 5.22. The van der Waals surface area contributed by atoms with Gasteiger partial charge in [0.05, 0.1) is 12.2 Å². The number of nitrogens with zero attached hydrogens (tertiary/aromatic N) is 1. The lowest BCUT2D eigenvalue weighted by atomic mass is 9.82. The van der Waals surface area contributed by atoms with E-state index in [0.29, 0.717) is 32.7 Å². The van der Waals surface area contributed by atoms with Crippen LogP contribution in [-0.2, 0) is 9.47 Å². The summed E-state index contributed by atoms with van der Waals surface area (Å²) in [4.78, 5) is 16.2. The number of hydrogen-bond acceptors (Lipinski definition) is 4. The standard InChI is InChI=1S/C14H16FNO3/c15-11-2-1-5-16-12(11)13(17)10-3-6-19-14(8-10)4-7-18-9-14/h1-2,5,10H,3-4,6-9H2. The molecule has 1 spiro atoms. The van der Waals surface area contributed by atoms with Crippen LogP contribution in [0, 0.1) is 11.7 Å². The fourth-order valence-electron chi connectivity index (χ4n) is 2.88. The Morgan fingerprint density at radius 3 is 3.11 bits per heavy atom. The minimum atomic E-state index is -0.546. The fourth-order valence-corrected chi connectivity index (χ4v) is 2.88. The number of ketones is 1. The zero-order valence-electron chi connectivity index (χ0n) is 10.6. The summed E-state index contributed by atoms with van der Waals surface area (Å²) >= 11 is 0. The predicted octanol–water partition coefficient (Wildman–Crippen LogP) is 1.99. The van der Waals surface area contributed by atoms with E-state index in [9.17, 15) is 9.18 Å². The van der Waals surface area contributed by atoms with Crippen molar-refractivity contribution in [1.29, 1.82) is 0 Å². The minimum absolute atomic E-state index is 0.0523. The third kappa shape index (κ3) is 2.40. The molecule has 0 aliphatic carbocycles. The monoisotopic (exact) mass is 265 g/mol. The largest absolute Gasteiger partial charge is 0.378 e. The predicted molar refractivity (Wildman–Crippen MR) is 65.4 cm³/mol. The first-order chi connectivity index (χ1) is 9.20. The summed E-state index contributed by atoms with van der Waals surface area (Å²) in [6.45, 7) is 1.72. The molecule has 2 atom stereocenters. The Kier molecular flexibility index (Phi) is 3.33. The first-order valence-corrected chi connectivity index (χ1v) is 6.57. The smallest absolute Gasteiger partial charge is 0.187 e. The minimum Gasteiger partial charge on any atom is -0.378 e. The van der Waals surface area contributed by atoms with Crippen molar-refractivity contribution in [2.24, 2.45) is 5.92 Å². The van der Waals surface area contributed by atoms with Gasteiger partial charge in [0.15, 0.2) is 11.6 Å². The van der Waals surface area contributed by atoms with Gasteiger partial charge in [-0.2, -0.15) is 0 Å². The highest BCUT2D eigenvalue weighted by atomic mass is 19.1. The van der Waals surface area contributed by atoms with Gasteiger partial charge >= 0.3 is 0 Å². The molecule has 2 aliphatic heterocycles. The lowest BCUT2D eigenvalue weighted by Gasteiger charge is -2.36. The van der Waals surface area contributed by atoms with E-state index in [1.54, 1.807) is 0 Å². The molecule has 1 aromatic heterocycles. The van der Waals surface area contributed by atoms with Gasteiger partial charge in [0.25, 0.3) is 0 Å². The summed E-state index contributed by atoms with van der Waals surface area (Å²) in [5.41, 5.74) is -0.396. The van der Waals surface area contributed by atoms with Crippen LogP contribution in [0.15, 0.2) is 18.3 Å². The van der Waals surface area contributed by atoms with Gasteiger partial charge in [-0.25, -0.2) is 4.39 Å². The number of pyridine rings is 1. The Morgan fingerprint density at radius 2 is 2.37 bits per heavy atom. The Labute approximate surface area is 110 Å². The summed E-state index contributed by atoms with van der Waals surface area (Å²) in [5.74, 6) is -0.983. The SMILES string of the molecule is O=C(c1ncccc1F)C1CCOC2(CCOC2)C1. The molecule has 4 nitrogen and oxygen atoms in total. The Bertz CT molecular complexity index is 485. The molecule has 0 aromatic carbocycles. The molecule has 2 unspecified atom stereocenters. The van der Waals surface area contributed by atoms with Crippen LogP contribution in [0.2, 0.25) is 0 Å². The van der Waals surface area contributed by atoms with Crippen LogP contribution >= 0.6 is 0 Å². The van der Waals surface area contributed by atoms with E-state index in [4.69, 9.17) is 9.47 Å². The van der Waals surface area contributed by atoms with E-state index in [2.05, 4.69) is 4.98 Å². The average molecular weight is 265 g/mol. The topological polar surface area (TPSA) is 48.4 Å². The van der Waals surface area contributed by atoms with Crippen LogP contribution in [-0.4, -0.2) is 36.2 Å². The summed E-state index contributed by atoms with van der Waals surface area (Å²) in [7, 11) is 0. The second kappa shape index (κ2) is 4.98. The van der Waals surface area contributed by atoms with Gasteiger partial charge in [-0.15, -0.1) is 0 Å². The lowest BCUT2D eigenvalue weighted by Crippen LogP contribution is -2.42. The van der Waals surface area contributed by atoms with E-state index in [1.807, 2.05) is 0 Å². The van der Waals surface area contributed by atoms with Gasteiger partial charge in [0, 0.05) is 31.7 Å². The van der Waals surface area contributed by atoms with E-state index in [1.165, 1.54) is 18.3 Å². The summed E-state index contributed by atoms with van der Waals surface area (Å²) in [6.07, 6.45) is 3.48. The molecular weight excluding hydrogens is 249 g/mol. The van der Waals surface area contributed by atoms with Gasteiger partial charge in [-0.05, 0) is 25.0 Å². The van der Waals surface area contributed by atoms with Crippen LogP contribution < -0.4 is 0 Å². The molecule has 19 heavy (non-hydrogen) atoms. The molecule has 102 valence electrons. The number of aromatic nitrogens is 1. The second-order valence-electron chi connectivity index (χ2n) is 5.22.